The van der Waals surface area contributed by atoms with E-state index in [1.54, 1.807) is 36.4 Å². The summed E-state index contributed by atoms with van der Waals surface area (Å²) in [4.78, 5) is 58.2. The molecule has 0 saturated heterocycles. The number of benzodiazepines with no additional fused rings is 1. The molecule has 9 heteroatoms. The van der Waals surface area contributed by atoms with Crippen molar-refractivity contribution in [3.63, 3.8) is 0 Å². The van der Waals surface area contributed by atoms with Gasteiger partial charge < -0.3 is 20.6 Å². The largest absolute Gasteiger partial charge is 0.478 e. The van der Waals surface area contributed by atoms with Crippen molar-refractivity contribution in [1.29, 1.82) is 0 Å². The number of Topliss-reactive ketones (excluding diaryl/α,β-unsaturated/α-hetero) is 1. The second kappa shape index (κ2) is 11.7. The zero-order valence-corrected chi connectivity index (χ0v) is 22.1. The van der Waals surface area contributed by atoms with Crippen LogP contribution in [0.15, 0.2) is 108 Å². The third-order valence-electron chi connectivity index (χ3n) is 6.68. The number of fused-ring (bicyclic) bond motifs is 1. The van der Waals surface area contributed by atoms with Crippen LogP contribution in [-0.2, 0) is 4.79 Å². The number of aliphatic imine (C=N–C) groups is 1. The lowest BCUT2D eigenvalue weighted by Crippen LogP contribution is -2.50. The van der Waals surface area contributed by atoms with E-state index in [2.05, 4.69) is 15.6 Å². The van der Waals surface area contributed by atoms with Crippen molar-refractivity contribution in [1.82, 2.24) is 5.32 Å². The van der Waals surface area contributed by atoms with Gasteiger partial charge in [-0.15, -0.1) is 0 Å². The number of ketones is 1. The number of carbonyl (C=O) groups excluding carboxylic acids is 3. The number of anilines is 2. The van der Waals surface area contributed by atoms with Crippen LogP contribution in [0.25, 0.3) is 0 Å². The van der Waals surface area contributed by atoms with Gasteiger partial charge in [0.15, 0.2) is 5.78 Å². The van der Waals surface area contributed by atoms with E-state index in [9.17, 15) is 24.3 Å². The summed E-state index contributed by atoms with van der Waals surface area (Å²) < 4.78 is 0. The van der Waals surface area contributed by atoms with Crippen LogP contribution < -0.4 is 15.5 Å². The molecule has 4 aromatic rings. The molecule has 3 amide bonds. The number of hydrogen-bond donors (Lipinski definition) is 3. The van der Waals surface area contributed by atoms with E-state index < -0.39 is 24.1 Å². The summed E-state index contributed by atoms with van der Waals surface area (Å²) in [5.74, 6) is -2.10. The van der Waals surface area contributed by atoms with Crippen LogP contribution in [0.5, 0.6) is 0 Å². The molecule has 41 heavy (non-hydrogen) atoms. The Kier molecular flexibility index (Phi) is 7.69. The van der Waals surface area contributed by atoms with Crippen LogP contribution in [0.4, 0.5) is 16.2 Å². The molecule has 1 atom stereocenters. The maximum absolute atomic E-state index is 14.0. The highest BCUT2D eigenvalue weighted by atomic mass is 16.4. The van der Waals surface area contributed by atoms with E-state index in [-0.39, 0.29) is 23.6 Å². The van der Waals surface area contributed by atoms with Gasteiger partial charge in [-0.05, 0) is 30.7 Å². The van der Waals surface area contributed by atoms with E-state index in [1.165, 1.54) is 17.0 Å². The maximum atomic E-state index is 14.0. The van der Waals surface area contributed by atoms with Crippen LogP contribution in [0.3, 0.4) is 0 Å². The van der Waals surface area contributed by atoms with Gasteiger partial charge in [-0.25, -0.2) is 14.6 Å². The molecule has 9 nitrogen and oxygen atoms in total. The van der Waals surface area contributed by atoms with E-state index in [4.69, 9.17) is 0 Å². The van der Waals surface area contributed by atoms with Crippen molar-refractivity contribution in [2.45, 2.75) is 13.1 Å². The molecule has 0 saturated carbocycles. The van der Waals surface area contributed by atoms with Gasteiger partial charge in [-0.1, -0.05) is 84.9 Å². The van der Waals surface area contributed by atoms with Crippen molar-refractivity contribution < 1.29 is 24.3 Å². The molecule has 0 unspecified atom stereocenters. The molecular formula is C32H26N4O5. The highest BCUT2D eigenvalue weighted by Crippen LogP contribution is 2.29. The molecule has 0 aromatic heterocycles. The molecular weight excluding hydrogens is 520 g/mol. The fourth-order valence-corrected chi connectivity index (χ4v) is 4.69. The maximum Gasteiger partial charge on any atom is 0.337 e. The van der Waals surface area contributed by atoms with Crippen molar-refractivity contribution in [2.24, 2.45) is 4.99 Å². The standard InChI is InChI=1S/C32H26N4O5/c1-20-11-5-6-14-22(20)27(37)19-36-26-18-10-8-16-24(26)28(21-12-3-2-4-13-21)34-29(30(36)38)35-32(41)33-25-17-9-7-15-23(25)31(39)40/h2-18,29H,19H2,1H3,(H,39,40)(H2,33,35,41)/t29-/m0/s1. The summed E-state index contributed by atoms with van der Waals surface area (Å²) in [6, 6.07) is 28.6. The predicted octanol–water partition coefficient (Wildman–Crippen LogP) is 4.91. The first kappa shape index (κ1) is 27.0. The average molecular weight is 547 g/mol. The molecule has 3 N–H and O–H groups in total. The molecule has 0 aliphatic carbocycles. The van der Waals surface area contributed by atoms with Crippen LogP contribution in [-0.4, -0.2) is 47.2 Å². The first-order valence-electron chi connectivity index (χ1n) is 12.9. The highest BCUT2D eigenvalue weighted by molar-refractivity contribution is 6.21. The zero-order chi connectivity index (χ0) is 28.9. The van der Waals surface area contributed by atoms with Crippen LogP contribution >= 0.6 is 0 Å². The molecule has 0 bridgehead atoms. The molecule has 1 aliphatic rings. The molecule has 5 rings (SSSR count). The van der Waals surface area contributed by atoms with Gasteiger partial charge in [0.05, 0.1) is 29.2 Å². The van der Waals surface area contributed by atoms with Crippen LogP contribution in [0, 0.1) is 6.92 Å². The Bertz CT molecular complexity index is 1680. The second-order valence-corrected chi connectivity index (χ2v) is 9.38. The summed E-state index contributed by atoms with van der Waals surface area (Å²) in [6.07, 6.45) is -1.42. The van der Waals surface area contributed by atoms with Gasteiger partial charge in [0.2, 0.25) is 6.17 Å². The van der Waals surface area contributed by atoms with E-state index in [1.807, 2.05) is 61.5 Å². The molecule has 0 radical (unpaired) electrons. The molecule has 0 spiro atoms. The predicted molar refractivity (Wildman–Crippen MR) is 156 cm³/mol. The van der Waals surface area contributed by atoms with Gasteiger partial charge in [0.25, 0.3) is 5.91 Å². The van der Waals surface area contributed by atoms with E-state index >= 15 is 0 Å². The van der Waals surface area contributed by atoms with Crippen molar-refractivity contribution >= 4 is 40.8 Å². The molecule has 204 valence electrons. The minimum atomic E-state index is -1.42. The Hall–Kier alpha value is -5.57. The molecule has 0 fully saturated rings. The average Bonchev–Trinajstić information content (AvgIpc) is 3.08. The number of para-hydroxylation sites is 2. The van der Waals surface area contributed by atoms with Crippen molar-refractivity contribution in [2.75, 3.05) is 16.8 Å². The van der Waals surface area contributed by atoms with Gasteiger partial charge in [-0.2, -0.15) is 0 Å². The molecule has 1 heterocycles. The number of aromatic carboxylic acids is 1. The first-order valence-corrected chi connectivity index (χ1v) is 12.9. The third kappa shape index (κ3) is 5.74. The summed E-state index contributed by atoms with van der Waals surface area (Å²) in [7, 11) is 0. The number of benzene rings is 4. The van der Waals surface area contributed by atoms with Gasteiger partial charge in [0.1, 0.15) is 0 Å². The Morgan fingerprint density at radius 2 is 1.46 bits per heavy atom. The number of aryl methyl sites for hydroxylation is 1. The number of rotatable bonds is 7. The Labute approximate surface area is 236 Å². The van der Waals surface area contributed by atoms with E-state index in [0.717, 1.165) is 5.56 Å². The third-order valence-corrected chi connectivity index (χ3v) is 6.68. The van der Waals surface area contributed by atoms with Crippen molar-refractivity contribution in [3.8, 4) is 0 Å². The van der Waals surface area contributed by atoms with Crippen molar-refractivity contribution in [3.05, 3.63) is 131 Å². The fourth-order valence-electron chi connectivity index (χ4n) is 4.69. The lowest BCUT2D eigenvalue weighted by atomic mass is 9.99. The Morgan fingerprint density at radius 3 is 2.20 bits per heavy atom. The minimum absolute atomic E-state index is 0.0562. The lowest BCUT2D eigenvalue weighted by Gasteiger charge is -2.25. The van der Waals surface area contributed by atoms with Crippen LogP contribution in [0.1, 0.15) is 37.4 Å². The smallest absolute Gasteiger partial charge is 0.337 e. The monoisotopic (exact) mass is 546 g/mol. The topological polar surface area (TPSA) is 128 Å². The number of hydrogen-bond acceptors (Lipinski definition) is 5. The van der Waals surface area contributed by atoms with Gasteiger partial charge in [0, 0.05) is 16.7 Å². The number of carboxylic acid groups (broad SMARTS) is 1. The SMILES string of the molecule is Cc1ccccc1C(=O)CN1C(=O)[C@H](NC(=O)Nc2ccccc2C(=O)O)N=C(c2ccccc2)c2ccccc21. The van der Waals surface area contributed by atoms with Gasteiger partial charge >= 0.3 is 12.0 Å². The Balaban J connectivity index is 1.55. The number of nitrogens with zero attached hydrogens (tertiary/aromatic N) is 2. The number of amides is 3. The quantitative estimate of drug-likeness (QED) is 0.284. The summed E-state index contributed by atoms with van der Waals surface area (Å²) in [5, 5.41) is 14.6. The lowest BCUT2D eigenvalue weighted by molar-refractivity contribution is -0.120. The number of nitrogens with one attached hydrogen (secondary N) is 2. The minimum Gasteiger partial charge on any atom is -0.478 e. The molecule has 1 aliphatic heterocycles. The Morgan fingerprint density at radius 1 is 0.829 bits per heavy atom. The zero-order valence-electron chi connectivity index (χ0n) is 22.1. The van der Waals surface area contributed by atoms with Gasteiger partial charge in [-0.3, -0.25) is 9.59 Å². The first-order chi connectivity index (χ1) is 19.8. The number of carboxylic acids is 1. The van der Waals surface area contributed by atoms with E-state index in [0.29, 0.717) is 28.1 Å². The normalized spacial score (nSPS) is 14.4. The molecule has 4 aromatic carbocycles. The summed E-state index contributed by atoms with van der Waals surface area (Å²) >= 11 is 0. The second-order valence-electron chi connectivity index (χ2n) is 9.38. The number of carbonyl (C=O) groups is 4. The highest BCUT2D eigenvalue weighted by Gasteiger charge is 2.34. The fraction of sp³-hybridized carbons (Fsp3) is 0.0938. The summed E-state index contributed by atoms with van der Waals surface area (Å²) in [6.45, 7) is 1.55. The van der Waals surface area contributed by atoms with Crippen LogP contribution in [0.2, 0.25) is 0 Å². The summed E-state index contributed by atoms with van der Waals surface area (Å²) in [5.41, 5.74) is 3.47. The number of urea groups is 1.